The first-order valence-corrected chi connectivity index (χ1v) is 6.12. The SMILES string of the molecule is CC(C)(C)NC[C@H](O)c1cccc2[nH]c(=O)n(F)c12. The van der Waals surface area contributed by atoms with Crippen LogP contribution in [0.4, 0.5) is 4.48 Å². The van der Waals surface area contributed by atoms with Crippen LogP contribution in [0, 0.1) is 0 Å². The molecule has 0 aliphatic rings. The van der Waals surface area contributed by atoms with Crippen molar-refractivity contribution in [2.75, 3.05) is 6.54 Å². The maximum absolute atomic E-state index is 13.7. The summed E-state index contributed by atoms with van der Waals surface area (Å²) in [5.74, 6) is 0. The van der Waals surface area contributed by atoms with Crippen molar-refractivity contribution >= 4 is 11.0 Å². The van der Waals surface area contributed by atoms with Crippen LogP contribution in [0.25, 0.3) is 11.0 Å². The molecule has 2 rings (SSSR count). The lowest BCUT2D eigenvalue weighted by molar-refractivity contribution is 0.163. The standard InChI is InChI=1S/C13H18FN3O2/c1-13(2,3)15-7-10(18)8-5-4-6-9-11(8)17(14)12(19)16-9/h4-6,10,15,18H,7H2,1-3H3,(H,16,19)/t10-/m0/s1. The van der Waals surface area contributed by atoms with Gasteiger partial charge in [-0.2, -0.15) is 0 Å². The Kier molecular flexibility index (Phi) is 3.47. The van der Waals surface area contributed by atoms with Crippen molar-refractivity contribution in [3.05, 3.63) is 34.2 Å². The molecular weight excluding hydrogens is 249 g/mol. The minimum Gasteiger partial charge on any atom is -0.387 e. The van der Waals surface area contributed by atoms with Gasteiger partial charge in [-0.3, -0.25) is 0 Å². The molecule has 2 aromatic rings. The molecule has 0 bridgehead atoms. The molecule has 0 saturated heterocycles. The molecule has 104 valence electrons. The summed E-state index contributed by atoms with van der Waals surface area (Å²) in [5, 5.41) is 13.3. The Balaban J connectivity index is 2.37. The predicted molar refractivity (Wildman–Crippen MR) is 71.8 cm³/mol. The summed E-state index contributed by atoms with van der Waals surface area (Å²) in [5.41, 5.74) is -0.133. The van der Waals surface area contributed by atoms with E-state index in [0.29, 0.717) is 11.1 Å². The van der Waals surface area contributed by atoms with Crippen LogP contribution >= 0.6 is 0 Å². The van der Waals surface area contributed by atoms with E-state index in [-0.39, 0.29) is 22.4 Å². The number of aromatic nitrogens is 2. The van der Waals surface area contributed by atoms with Crippen molar-refractivity contribution in [2.24, 2.45) is 0 Å². The third-order valence-corrected chi connectivity index (χ3v) is 2.87. The highest BCUT2D eigenvalue weighted by molar-refractivity contribution is 5.79. The number of halogens is 1. The molecule has 3 N–H and O–H groups in total. The average molecular weight is 267 g/mol. The normalized spacial score (nSPS) is 13.9. The van der Waals surface area contributed by atoms with Crippen LogP contribution in [-0.2, 0) is 0 Å². The fraction of sp³-hybridized carbons (Fsp3) is 0.462. The number of hydrogen-bond acceptors (Lipinski definition) is 3. The first kappa shape index (κ1) is 13.8. The first-order valence-electron chi connectivity index (χ1n) is 6.12. The van der Waals surface area contributed by atoms with E-state index < -0.39 is 11.8 Å². The summed E-state index contributed by atoms with van der Waals surface area (Å²) >= 11 is 0. The van der Waals surface area contributed by atoms with Gasteiger partial charge in [0.1, 0.15) is 5.52 Å². The predicted octanol–water partition coefficient (Wildman–Crippen LogP) is 1.48. The van der Waals surface area contributed by atoms with E-state index in [2.05, 4.69) is 10.3 Å². The maximum atomic E-state index is 13.7. The van der Waals surface area contributed by atoms with Gasteiger partial charge in [0.15, 0.2) is 0 Å². The molecule has 5 nitrogen and oxygen atoms in total. The first-order chi connectivity index (χ1) is 8.79. The number of hydrogen-bond donors (Lipinski definition) is 3. The van der Waals surface area contributed by atoms with Crippen molar-refractivity contribution in [3.63, 3.8) is 0 Å². The number of aliphatic hydroxyl groups excluding tert-OH is 1. The number of aromatic amines is 1. The van der Waals surface area contributed by atoms with Crippen LogP contribution in [0.15, 0.2) is 23.0 Å². The quantitative estimate of drug-likeness (QED) is 0.789. The molecule has 1 aromatic carbocycles. The monoisotopic (exact) mass is 267 g/mol. The van der Waals surface area contributed by atoms with Gasteiger partial charge < -0.3 is 15.4 Å². The van der Waals surface area contributed by atoms with Crippen LogP contribution in [0.1, 0.15) is 32.4 Å². The second-order valence-corrected chi connectivity index (χ2v) is 5.60. The molecule has 0 aliphatic carbocycles. The lowest BCUT2D eigenvalue weighted by Crippen LogP contribution is -2.38. The number of rotatable bonds is 3. The Hall–Kier alpha value is -1.66. The van der Waals surface area contributed by atoms with Crippen molar-refractivity contribution < 1.29 is 9.59 Å². The van der Waals surface area contributed by atoms with Crippen molar-refractivity contribution in [1.29, 1.82) is 0 Å². The number of para-hydroxylation sites is 1. The second kappa shape index (κ2) is 4.79. The highest BCUT2D eigenvalue weighted by Crippen LogP contribution is 2.22. The third-order valence-electron chi connectivity index (χ3n) is 2.87. The zero-order chi connectivity index (χ0) is 14.2. The molecule has 0 amide bonds. The van der Waals surface area contributed by atoms with Crippen LogP contribution in [0.3, 0.4) is 0 Å². The summed E-state index contributed by atoms with van der Waals surface area (Å²) in [6.07, 6.45) is -0.889. The van der Waals surface area contributed by atoms with Gasteiger partial charge in [-0.25, -0.2) is 4.79 Å². The average Bonchev–Trinajstić information content (AvgIpc) is 2.61. The van der Waals surface area contributed by atoms with Gasteiger partial charge in [-0.1, -0.05) is 16.6 Å². The maximum Gasteiger partial charge on any atom is 0.354 e. The molecule has 1 aromatic heterocycles. The minimum absolute atomic E-state index is 0.0327. The van der Waals surface area contributed by atoms with Crippen LogP contribution in [0.2, 0.25) is 0 Å². The molecule has 0 aliphatic heterocycles. The molecule has 19 heavy (non-hydrogen) atoms. The molecule has 1 heterocycles. The summed E-state index contributed by atoms with van der Waals surface area (Å²) in [7, 11) is 0. The van der Waals surface area contributed by atoms with Gasteiger partial charge in [0.05, 0.1) is 11.6 Å². The van der Waals surface area contributed by atoms with E-state index in [4.69, 9.17) is 0 Å². The number of nitrogens with zero attached hydrogens (tertiary/aromatic N) is 1. The van der Waals surface area contributed by atoms with Crippen LogP contribution < -0.4 is 11.0 Å². The van der Waals surface area contributed by atoms with E-state index in [1.807, 2.05) is 20.8 Å². The lowest BCUT2D eigenvalue weighted by Gasteiger charge is -2.23. The van der Waals surface area contributed by atoms with Gasteiger partial charge in [0.2, 0.25) is 0 Å². The molecule has 0 fully saturated rings. The van der Waals surface area contributed by atoms with Crippen LogP contribution in [-0.4, -0.2) is 27.0 Å². The summed E-state index contributed by atoms with van der Waals surface area (Å²) in [4.78, 5) is 13.7. The Morgan fingerprint density at radius 1 is 1.47 bits per heavy atom. The van der Waals surface area contributed by atoms with E-state index in [9.17, 15) is 14.4 Å². The van der Waals surface area contributed by atoms with E-state index in [0.717, 1.165) is 0 Å². The number of β-amino-alcohol motifs (C(OH)–C–C–N with tert-alkyl or cyclic N) is 1. The van der Waals surface area contributed by atoms with E-state index >= 15 is 0 Å². The Labute approximate surface area is 110 Å². The molecule has 0 unspecified atom stereocenters. The highest BCUT2D eigenvalue weighted by Gasteiger charge is 2.18. The van der Waals surface area contributed by atoms with Gasteiger partial charge in [0.25, 0.3) is 0 Å². The molecular formula is C13H18FN3O2. The van der Waals surface area contributed by atoms with Crippen LogP contribution in [0.5, 0.6) is 0 Å². The second-order valence-electron chi connectivity index (χ2n) is 5.60. The fourth-order valence-corrected chi connectivity index (χ4v) is 1.93. The topological polar surface area (TPSA) is 70.1 Å². The summed E-state index contributed by atoms with van der Waals surface area (Å²) in [6, 6.07) is 4.88. The smallest absolute Gasteiger partial charge is 0.354 e. The zero-order valence-electron chi connectivity index (χ0n) is 11.2. The summed E-state index contributed by atoms with van der Waals surface area (Å²) < 4.78 is 13.7. The minimum atomic E-state index is -0.889. The number of H-pyrrole nitrogens is 1. The number of nitrogens with one attached hydrogen (secondary N) is 2. The largest absolute Gasteiger partial charge is 0.387 e. The fourth-order valence-electron chi connectivity index (χ4n) is 1.93. The Morgan fingerprint density at radius 3 is 2.79 bits per heavy atom. The Morgan fingerprint density at radius 2 is 2.16 bits per heavy atom. The van der Waals surface area contributed by atoms with Crippen molar-refractivity contribution in [3.8, 4) is 0 Å². The molecule has 1 atom stereocenters. The van der Waals surface area contributed by atoms with Gasteiger partial charge in [-0.05, 0) is 26.8 Å². The Bertz CT molecular complexity index is 639. The molecule has 0 radical (unpaired) electrons. The number of imidazole rings is 1. The van der Waals surface area contributed by atoms with E-state index in [1.54, 1.807) is 18.2 Å². The van der Waals surface area contributed by atoms with Crippen molar-refractivity contribution in [1.82, 2.24) is 15.1 Å². The molecule has 0 spiro atoms. The lowest BCUT2D eigenvalue weighted by atomic mass is 10.0. The van der Waals surface area contributed by atoms with Gasteiger partial charge in [-0.15, -0.1) is 4.79 Å². The molecule has 6 heteroatoms. The number of fused-ring (bicyclic) bond motifs is 1. The summed E-state index contributed by atoms with van der Waals surface area (Å²) in [6.45, 7) is 6.20. The molecule has 0 saturated carbocycles. The van der Waals surface area contributed by atoms with Gasteiger partial charge >= 0.3 is 5.69 Å². The number of aliphatic hydroxyl groups is 1. The zero-order valence-corrected chi connectivity index (χ0v) is 11.2. The van der Waals surface area contributed by atoms with E-state index in [1.165, 1.54) is 0 Å². The third kappa shape index (κ3) is 2.85. The van der Waals surface area contributed by atoms with Crippen molar-refractivity contribution in [2.45, 2.75) is 32.4 Å². The highest BCUT2D eigenvalue weighted by atomic mass is 19.2. The number of benzene rings is 1. The van der Waals surface area contributed by atoms with Gasteiger partial charge in [0, 0.05) is 17.6 Å².